The molecule has 0 saturated carbocycles. The van der Waals surface area contributed by atoms with E-state index in [1.165, 1.54) is 0 Å². The lowest BCUT2D eigenvalue weighted by Crippen LogP contribution is -2.36. The van der Waals surface area contributed by atoms with Crippen molar-refractivity contribution in [1.82, 2.24) is 4.90 Å². The Hall–Kier alpha value is -2.78. The van der Waals surface area contributed by atoms with Crippen LogP contribution in [0.15, 0.2) is 70.0 Å². The van der Waals surface area contributed by atoms with Crippen LogP contribution in [0.1, 0.15) is 16.7 Å². The molecule has 0 aromatic heterocycles. The van der Waals surface area contributed by atoms with Gasteiger partial charge in [-0.3, -0.25) is 19.3 Å². The number of halogens is 3. The van der Waals surface area contributed by atoms with Gasteiger partial charge < -0.3 is 10.1 Å². The number of thioether (sulfide) groups is 1. The highest BCUT2D eigenvalue weighted by Gasteiger charge is 2.36. The summed E-state index contributed by atoms with van der Waals surface area (Å²) in [5, 5.41) is 3.28. The summed E-state index contributed by atoms with van der Waals surface area (Å²) in [5.41, 5.74) is 2.91. The molecule has 1 heterocycles. The minimum Gasteiger partial charge on any atom is -0.488 e. The van der Waals surface area contributed by atoms with Gasteiger partial charge in [0.2, 0.25) is 5.91 Å². The number of nitrogens with one attached hydrogen (secondary N) is 1. The highest BCUT2D eigenvalue weighted by molar-refractivity contribution is 9.10. The van der Waals surface area contributed by atoms with Gasteiger partial charge in [-0.1, -0.05) is 53.5 Å². The van der Waals surface area contributed by atoms with Crippen LogP contribution in [-0.4, -0.2) is 28.5 Å². The average molecular weight is 606 g/mol. The van der Waals surface area contributed by atoms with Crippen LogP contribution in [-0.2, 0) is 16.2 Å². The minimum absolute atomic E-state index is 0.225. The molecule has 1 saturated heterocycles. The molecule has 3 aromatic rings. The molecule has 1 fully saturated rings. The third-order valence-electron chi connectivity index (χ3n) is 5.23. The molecule has 3 aromatic carbocycles. The summed E-state index contributed by atoms with van der Waals surface area (Å²) < 4.78 is 6.53. The number of ether oxygens (including phenoxy) is 1. The van der Waals surface area contributed by atoms with Crippen LogP contribution >= 0.6 is 50.9 Å². The molecule has 184 valence electrons. The molecular formula is C26H19BrCl2N2O4S. The zero-order valence-corrected chi connectivity index (χ0v) is 22.8. The highest BCUT2D eigenvalue weighted by Crippen LogP contribution is 2.34. The second kappa shape index (κ2) is 11.5. The van der Waals surface area contributed by atoms with Crippen molar-refractivity contribution in [2.24, 2.45) is 0 Å². The lowest BCUT2D eigenvalue weighted by atomic mass is 10.2. The number of amides is 3. The van der Waals surface area contributed by atoms with Crippen molar-refractivity contribution >= 4 is 79.7 Å². The SMILES string of the molecule is Cc1ccc(NC(=O)CN2C(=O)S/C(=C/c3ccc(OCc4ccccc4Cl)c(Br)c3)C2=O)cc1Cl. The summed E-state index contributed by atoms with van der Waals surface area (Å²) in [6.45, 7) is 1.75. The number of anilines is 1. The summed E-state index contributed by atoms with van der Waals surface area (Å²) in [5.74, 6) is -0.424. The topological polar surface area (TPSA) is 75.7 Å². The zero-order chi connectivity index (χ0) is 25.8. The first-order valence-electron chi connectivity index (χ1n) is 10.7. The molecule has 10 heteroatoms. The van der Waals surface area contributed by atoms with Crippen LogP contribution < -0.4 is 10.1 Å². The summed E-state index contributed by atoms with van der Waals surface area (Å²) in [6.07, 6.45) is 1.60. The van der Waals surface area contributed by atoms with Crippen molar-refractivity contribution in [1.29, 1.82) is 0 Å². The lowest BCUT2D eigenvalue weighted by Gasteiger charge is -2.13. The van der Waals surface area contributed by atoms with Gasteiger partial charge in [-0.25, -0.2) is 0 Å². The number of benzene rings is 3. The van der Waals surface area contributed by atoms with Gasteiger partial charge in [0, 0.05) is 21.3 Å². The Morgan fingerprint density at radius 1 is 1.08 bits per heavy atom. The first kappa shape index (κ1) is 26.3. The number of carbonyl (C=O) groups excluding carboxylic acids is 3. The van der Waals surface area contributed by atoms with Gasteiger partial charge in [-0.2, -0.15) is 0 Å². The second-order valence-corrected chi connectivity index (χ2v) is 10.5. The molecule has 36 heavy (non-hydrogen) atoms. The molecule has 1 N–H and O–H groups in total. The van der Waals surface area contributed by atoms with Gasteiger partial charge >= 0.3 is 0 Å². The van der Waals surface area contributed by atoms with Gasteiger partial charge in [0.25, 0.3) is 11.1 Å². The van der Waals surface area contributed by atoms with Crippen LogP contribution in [0.5, 0.6) is 5.75 Å². The fraction of sp³-hybridized carbons (Fsp3) is 0.115. The number of nitrogens with zero attached hydrogens (tertiary/aromatic N) is 1. The third-order valence-corrected chi connectivity index (χ3v) is 7.53. The highest BCUT2D eigenvalue weighted by atomic mass is 79.9. The van der Waals surface area contributed by atoms with Gasteiger partial charge in [0.15, 0.2) is 0 Å². The van der Waals surface area contributed by atoms with E-state index in [9.17, 15) is 14.4 Å². The molecular weight excluding hydrogens is 587 g/mol. The standard InChI is InChI=1S/C26H19BrCl2N2O4S/c1-15-6-8-18(12-21(15)29)30-24(32)13-31-25(33)23(36-26(31)34)11-16-7-9-22(19(27)10-16)35-14-17-4-2-3-5-20(17)28/h2-12H,13-14H2,1H3,(H,30,32)/b23-11+. The van der Waals surface area contributed by atoms with Gasteiger partial charge in [0.05, 0.1) is 9.38 Å². The van der Waals surface area contributed by atoms with Crippen LogP contribution in [0.2, 0.25) is 10.0 Å². The van der Waals surface area contributed by atoms with E-state index in [2.05, 4.69) is 21.2 Å². The Balaban J connectivity index is 1.40. The molecule has 0 atom stereocenters. The quantitative estimate of drug-likeness (QED) is 0.286. The maximum atomic E-state index is 12.8. The maximum absolute atomic E-state index is 12.8. The predicted octanol–water partition coefficient (Wildman–Crippen LogP) is 7.32. The zero-order valence-electron chi connectivity index (χ0n) is 18.9. The third kappa shape index (κ3) is 6.31. The first-order chi connectivity index (χ1) is 17.2. The average Bonchev–Trinajstić information content (AvgIpc) is 3.09. The van der Waals surface area contributed by atoms with Crippen molar-refractivity contribution in [3.63, 3.8) is 0 Å². The van der Waals surface area contributed by atoms with Crippen molar-refractivity contribution in [3.05, 3.63) is 96.8 Å². The molecule has 0 spiro atoms. The molecule has 1 aliphatic rings. The number of imide groups is 1. The fourth-order valence-corrected chi connectivity index (χ4v) is 5.02. The van der Waals surface area contributed by atoms with Crippen molar-refractivity contribution in [2.75, 3.05) is 11.9 Å². The van der Waals surface area contributed by atoms with Crippen molar-refractivity contribution in [2.45, 2.75) is 13.5 Å². The Morgan fingerprint density at radius 2 is 1.86 bits per heavy atom. The minimum atomic E-state index is -0.530. The van der Waals surface area contributed by atoms with Crippen LogP contribution in [0, 0.1) is 6.92 Å². The smallest absolute Gasteiger partial charge is 0.294 e. The molecule has 0 bridgehead atoms. The second-order valence-electron chi connectivity index (χ2n) is 7.85. The summed E-state index contributed by atoms with van der Waals surface area (Å²) in [4.78, 5) is 38.8. The van der Waals surface area contributed by atoms with Crippen LogP contribution in [0.3, 0.4) is 0 Å². The van der Waals surface area contributed by atoms with Crippen molar-refractivity contribution in [3.8, 4) is 5.75 Å². The Kier molecular flexibility index (Phi) is 8.41. The normalized spacial score (nSPS) is 14.4. The molecule has 0 unspecified atom stereocenters. The maximum Gasteiger partial charge on any atom is 0.294 e. The molecule has 0 radical (unpaired) electrons. The molecule has 0 aliphatic carbocycles. The van der Waals surface area contributed by atoms with Gasteiger partial charge in [-0.15, -0.1) is 0 Å². The first-order valence-corrected chi connectivity index (χ1v) is 13.0. The van der Waals surface area contributed by atoms with E-state index < -0.39 is 23.6 Å². The van der Waals surface area contributed by atoms with Crippen LogP contribution in [0.25, 0.3) is 6.08 Å². The van der Waals surface area contributed by atoms with Gasteiger partial charge in [0.1, 0.15) is 18.9 Å². The summed E-state index contributed by atoms with van der Waals surface area (Å²) in [7, 11) is 0. The van der Waals surface area contributed by atoms with E-state index in [1.807, 2.05) is 25.1 Å². The number of hydrogen-bond donors (Lipinski definition) is 1. The fourth-order valence-electron chi connectivity index (χ4n) is 3.30. The number of aryl methyl sites for hydroxylation is 1. The van der Waals surface area contributed by atoms with E-state index >= 15 is 0 Å². The molecule has 1 aliphatic heterocycles. The Bertz CT molecular complexity index is 1400. The number of rotatable bonds is 7. The number of carbonyl (C=O) groups is 3. The van der Waals surface area contributed by atoms with Gasteiger partial charge in [-0.05, 0) is 82.2 Å². The molecule has 3 amide bonds. The lowest BCUT2D eigenvalue weighted by molar-refractivity contribution is -0.127. The Morgan fingerprint density at radius 3 is 2.58 bits per heavy atom. The van der Waals surface area contributed by atoms with E-state index in [-0.39, 0.29) is 4.91 Å². The largest absolute Gasteiger partial charge is 0.488 e. The van der Waals surface area contributed by atoms with E-state index in [4.69, 9.17) is 27.9 Å². The predicted molar refractivity (Wildman–Crippen MR) is 147 cm³/mol. The molecule has 6 nitrogen and oxygen atoms in total. The summed E-state index contributed by atoms with van der Waals surface area (Å²) in [6, 6.07) is 17.8. The van der Waals surface area contributed by atoms with E-state index in [0.29, 0.717) is 38.1 Å². The molecule has 4 rings (SSSR count). The number of hydrogen-bond acceptors (Lipinski definition) is 5. The van der Waals surface area contributed by atoms with E-state index in [1.54, 1.807) is 48.5 Å². The summed E-state index contributed by atoms with van der Waals surface area (Å²) >= 11 is 16.5. The van der Waals surface area contributed by atoms with E-state index in [0.717, 1.165) is 27.8 Å². The van der Waals surface area contributed by atoms with Crippen molar-refractivity contribution < 1.29 is 19.1 Å². The van der Waals surface area contributed by atoms with Crippen LogP contribution in [0.4, 0.5) is 10.5 Å². The Labute approximate surface area is 230 Å². The monoisotopic (exact) mass is 604 g/mol.